The van der Waals surface area contributed by atoms with E-state index in [1.807, 2.05) is 0 Å². The molecule has 5 aliphatic rings. The van der Waals surface area contributed by atoms with Gasteiger partial charge in [-0.3, -0.25) is 0 Å². The van der Waals surface area contributed by atoms with Crippen LogP contribution in [0.4, 0.5) is 0 Å². The molecule has 2 heterocycles. The van der Waals surface area contributed by atoms with Crippen molar-refractivity contribution in [2.45, 2.75) is 58.3 Å². The molecular formula is C52H44N2. The lowest BCUT2D eigenvalue weighted by atomic mass is 9.67. The monoisotopic (exact) mass is 696 g/mol. The first-order valence-electron chi connectivity index (χ1n) is 19.9. The summed E-state index contributed by atoms with van der Waals surface area (Å²) in [6, 6.07) is 35.9. The lowest BCUT2D eigenvalue weighted by Gasteiger charge is -2.37. The highest BCUT2D eigenvalue weighted by Gasteiger charge is 2.33. The van der Waals surface area contributed by atoms with Gasteiger partial charge in [0.05, 0.1) is 16.6 Å². The van der Waals surface area contributed by atoms with Crippen molar-refractivity contribution in [2.75, 3.05) is 0 Å². The van der Waals surface area contributed by atoms with Crippen LogP contribution in [-0.4, -0.2) is 9.13 Å². The summed E-state index contributed by atoms with van der Waals surface area (Å²) in [7, 11) is 0. The number of benzene rings is 4. The van der Waals surface area contributed by atoms with Gasteiger partial charge in [0.25, 0.3) is 0 Å². The number of aryl methyl sites for hydroxylation is 1. The molecule has 2 aromatic heterocycles. The quantitative estimate of drug-likeness (QED) is 0.174. The second-order valence-electron chi connectivity index (χ2n) is 15.9. The first kappa shape index (κ1) is 31.6. The number of hydrogen-bond donors (Lipinski definition) is 0. The molecule has 2 nitrogen and oxygen atoms in total. The van der Waals surface area contributed by atoms with Crippen LogP contribution in [0.1, 0.15) is 68.7 Å². The van der Waals surface area contributed by atoms with Crippen molar-refractivity contribution >= 4 is 44.5 Å². The number of nitrogens with zero attached hydrogens (tertiary/aromatic N) is 2. The molecule has 0 aliphatic heterocycles. The summed E-state index contributed by atoms with van der Waals surface area (Å²) in [5.41, 5.74) is 21.2. The van der Waals surface area contributed by atoms with Gasteiger partial charge >= 0.3 is 0 Å². The third-order valence-electron chi connectivity index (χ3n) is 13.1. The largest absolute Gasteiger partial charge is 0.313 e. The Morgan fingerprint density at radius 2 is 1.41 bits per heavy atom. The Morgan fingerprint density at radius 3 is 2.20 bits per heavy atom. The highest BCUT2D eigenvalue weighted by molar-refractivity contribution is 6.09. The number of fused-ring (bicyclic) bond motifs is 8. The van der Waals surface area contributed by atoms with E-state index < -0.39 is 0 Å². The standard InChI is InChI=1S/C52H44N2/c1-33-41-27-25-38(36-14-12-16-40(30-36)54-51-23-9-5-19-45(51)46-20-6-10-24-52(46)54)32-48(41)34(2)42-28-26-37(31-47(33)42)35-13-11-15-39(29-35)53-49-21-7-3-17-43(49)44-18-4-8-22-50(44)53/h3-5,7-11,13-15,17-19,21-30,37,48H,6,12,16,20,31-32H2,1-2H3/t37-,48?/m0/s1. The van der Waals surface area contributed by atoms with Gasteiger partial charge in [-0.2, -0.15) is 0 Å². The molecule has 6 aromatic rings. The molecular weight excluding hydrogens is 653 g/mol. The molecule has 1 unspecified atom stereocenters. The number of hydrogen-bond acceptors (Lipinski definition) is 0. The van der Waals surface area contributed by atoms with Crippen LogP contribution in [0.5, 0.6) is 0 Å². The molecule has 0 saturated heterocycles. The highest BCUT2D eigenvalue weighted by atomic mass is 15.0. The lowest BCUT2D eigenvalue weighted by molar-refractivity contribution is 0.669. The Hall–Kier alpha value is -5.86. The van der Waals surface area contributed by atoms with Crippen molar-refractivity contribution in [3.63, 3.8) is 0 Å². The van der Waals surface area contributed by atoms with Gasteiger partial charge in [-0.05, 0) is 139 Å². The molecule has 11 rings (SSSR count). The summed E-state index contributed by atoms with van der Waals surface area (Å²) in [6.07, 6.45) is 26.0. The van der Waals surface area contributed by atoms with Crippen molar-refractivity contribution in [3.05, 3.63) is 195 Å². The SMILES string of the molecule is CC1=C2C[C@@H](c3cccc(-n4c5ccccc5c5ccccc54)c3)C=CC2=C(C)C2CC(C3=CCCC(n4c5c(c6ccccc64)CCC=C5)=C3)=CC=C12. The van der Waals surface area contributed by atoms with Gasteiger partial charge in [0.2, 0.25) is 0 Å². The minimum absolute atomic E-state index is 0.340. The van der Waals surface area contributed by atoms with Crippen LogP contribution in [-0.2, 0) is 6.42 Å². The predicted octanol–water partition coefficient (Wildman–Crippen LogP) is 13.5. The third-order valence-corrected chi connectivity index (χ3v) is 13.1. The topological polar surface area (TPSA) is 9.86 Å². The molecule has 0 amide bonds. The highest BCUT2D eigenvalue weighted by Crippen LogP contribution is 2.50. The Kier molecular flexibility index (Phi) is 7.24. The minimum Gasteiger partial charge on any atom is -0.313 e. The summed E-state index contributed by atoms with van der Waals surface area (Å²) in [5.74, 6) is 0.763. The van der Waals surface area contributed by atoms with Crippen LogP contribution >= 0.6 is 0 Å². The Morgan fingerprint density at radius 1 is 0.667 bits per heavy atom. The second-order valence-corrected chi connectivity index (χ2v) is 15.9. The maximum Gasteiger partial charge on any atom is 0.0541 e. The maximum absolute atomic E-state index is 2.56. The van der Waals surface area contributed by atoms with E-state index in [1.54, 1.807) is 0 Å². The molecule has 0 N–H and O–H groups in total. The summed E-state index contributed by atoms with van der Waals surface area (Å²) in [4.78, 5) is 0. The Labute approximate surface area is 317 Å². The molecule has 0 bridgehead atoms. The van der Waals surface area contributed by atoms with E-state index in [0.29, 0.717) is 11.8 Å². The van der Waals surface area contributed by atoms with Gasteiger partial charge in [0, 0.05) is 45.1 Å². The van der Waals surface area contributed by atoms with Crippen LogP contribution in [0.3, 0.4) is 0 Å². The van der Waals surface area contributed by atoms with Crippen molar-refractivity contribution in [1.82, 2.24) is 9.13 Å². The van der Waals surface area contributed by atoms with Crippen LogP contribution < -0.4 is 0 Å². The van der Waals surface area contributed by atoms with Gasteiger partial charge in [-0.15, -0.1) is 0 Å². The van der Waals surface area contributed by atoms with Gasteiger partial charge in [-0.1, -0.05) is 109 Å². The zero-order valence-corrected chi connectivity index (χ0v) is 31.1. The van der Waals surface area contributed by atoms with E-state index in [4.69, 9.17) is 0 Å². The fraction of sp³-hybridized carbons (Fsp3) is 0.192. The Balaban J connectivity index is 0.919. The summed E-state index contributed by atoms with van der Waals surface area (Å²) < 4.78 is 5.00. The zero-order chi connectivity index (χ0) is 35.9. The van der Waals surface area contributed by atoms with Crippen LogP contribution in [0, 0.1) is 5.92 Å². The average molecular weight is 697 g/mol. The fourth-order valence-corrected chi connectivity index (χ4v) is 10.4. The first-order valence-corrected chi connectivity index (χ1v) is 19.9. The van der Waals surface area contributed by atoms with E-state index in [-0.39, 0.29) is 0 Å². The van der Waals surface area contributed by atoms with Gasteiger partial charge in [0.1, 0.15) is 0 Å². The zero-order valence-electron chi connectivity index (χ0n) is 31.1. The van der Waals surface area contributed by atoms with E-state index in [2.05, 4.69) is 169 Å². The van der Waals surface area contributed by atoms with Crippen molar-refractivity contribution < 1.29 is 0 Å². The molecule has 0 fully saturated rings. The molecule has 5 aliphatic carbocycles. The summed E-state index contributed by atoms with van der Waals surface area (Å²) >= 11 is 0. The number of aromatic nitrogens is 2. The number of para-hydroxylation sites is 3. The predicted molar refractivity (Wildman–Crippen MR) is 228 cm³/mol. The smallest absolute Gasteiger partial charge is 0.0541 e. The molecule has 262 valence electrons. The molecule has 0 radical (unpaired) electrons. The van der Waals surface area contributed by atoms with E-state index in [0.717, 1.165) is 38.5 Å². The minimum atomic E-state index is 0.340. The molecule has 2 heteroatoms. The van der Waals surface area contributed by atoms with E-state index in [1.165, 1.54) is 99.9 Å². The van der Waals surface area contributed by atoms with Crippen LogP contribution in [0.2, 0.25) is 0 Å². The van der Waals surface area contributed by atoms with E-state index >= 15 is 0 Å². The van der Waals surface area contributed by atoms with Gasteiger partial charge in [-0.25, -0.2) is 0 Å². The second kappa shape index (κ2) is 12.4. The van der Waals surface area contributed by atoms with Crippen molar-refractivity contribution in [3.8, 4) is 5.69 Å². The Bertz CT molecular complexity index is 2790. The molecule has 0 spiro atoms. The van der Waals surface area contributed by atoms with Crippen molar-refractivity contribution in [2.24, 2.45) is 5.92 Å². The molecule has 0 saturated carbocycles. The first-order chi connectivity index (χ1) is 26.6. The molecule has 54 heavy (non-hydrogen) atoms. The summed E-state index contributed by atoms with van der Waals surface area (Å²) in [5, 5.41) is 4.02. The van der Waals surface area contributed by atoms with Gasteiger partial charge < -0.3 is 9.13 Å². The third kappa shape index (κ3) is 4.79. The number of allylic oxidation sites excluding steroid dienone is 15. The summed E-state index contributed by atoms with van der Waals surface area (Å²) in [6.45, 7) is 4.79. The van der Waals surface area contributed by atoms with Crippen LogP contribution in [0.25, 0.3) is 50.2 Å². The van der Waals surface area contributed by atoms with Crippen molar-refractivity contribution in [1.29, 1.82) is 0 Å². The maximum atomic E-state index is 2.56. The van der Waals surface area contributed by atoms with Crippen LogP contribution in [0.15, 0.2) is 179 Å². The molecule has 4 aromatic carbocycles. The molecule has 2 atom stereocenters. The van der Waals surface area contributed by atoms with E-state index in [9.17, 15) is 0 Å². The normalized spacial score (nSPS) is 20.9. The number of rotatable bonds is 4. The average Bonchev–Trinajstić information content (AvgIpc) is 3.76. The van der Waals surface area contributed by atoms with Gasteiger partial charge in [0.15, 0.2) is 0 Å². The fourth-order valence-electron chi connectivity index (χ4n) is 10.4. The lowest BCUT2D eigenvalue weighted by Crippen LogP contribution is -2.21.